The zero-order valence-electron chi connectivity index (χ0n) is 20.2. The highest BCUT2D eigenvalue weighted by molar-refractivity contribution is 6.31. The minimum Gasteiger partial charge on any atom is -0.0843 e. The standard InChI is InChI=1S/C34H28Cl2/c35-27-6-1-4-22(17-27)23-10-11-30-32(19-23)34(25-13-20-12-21(15-25)16-26(34)14-20)31-9-3-8-29(33(30)31)24-5-2-7-28(36)18-24/h1-11,17-21,25-26H,12-16H2. The molecular weight excluding hydrogens is 479 g/mol. The van der Waals surface area contributed by atoms with Crippen LogP contribution in [0.1, 0.15) is 43.2 Å². The minimum atomic E-state index is 0.126. The van der Waals surface area contributed by atoms with Gasteiger partial charge < -0.3 is 0 Å². The highest BCUT2D eigenvalue weighted by atomic mass is 35.5. The Morgan fingerprint density at radius 2 is 1.14 bits per heavy atom. The van der Waals surface area contributed by atoms with Crippen molar-refractivity contribution >= 4 is 23.2 Å². The van der Waals surface area contributed by atoms with Crippen LogP contribution in [0.2, 0.25) is 10.0 Å². The van der Waals surface area contributed by atoms with Crippen LogP contribution in [-0.2, 0) is 5.41 Å². The summed E-state index contributed by atoms with van der Waals surface area (Å²) in [5, 5.41) is 1.59. The fourth-order valence-corrected chi connectivity index (χ4v) is 9.37. The summed E-state index contributed by atoms with van der Waals surface area (Å²) in [6.07, 6.45) is 7.00. The third kappa shape index (κ3) is 2.89. The van der Waals surface area contributed by atoms with E-state index < -0.39 is 0 Å². The van der Waals surface area contributed by atoms with E-state index in [2.05, 4.69) is 72.8 Å². The van der Waals surface area contributed by atoms with Gasteiger partial charge in [-0.05, 0) is 131 Å². The molecule has 0 nitrogen and oxygen atoms in total. The van der Waals surface area contributed by atoms with Gasteiger partial charge in [-0.2, -0.15) is 0 Å². The first-order chi connectivity index (χ1) is 17.6. The molecular formula is C34H28Cl2. The van der Waals surface area contributed by atoms with Crippen LogP contribution in [-0.4, -0.2) is 0 Å². The molecule has 0 heterocycles. The van der Waals surface area contributed by atoms with Gasteiger partial charge in [0, 0.05) is 15.5 Å². The highest BCUT2D eigenvalue weighted by Gasteiger charge is 2.61. The monoisotopic (exact) mass is 506 g/mol. The second-order valence-corrected chi connectivity index (χ2v) is 12.6. The first-order valence-corrected chi connectivity index (χ1v) is 14.2. The summed E-state index contributed by atoms with van der Waals surface area (Å²) in [7, 11) is 0. The van der Waals surface area contributed by atoms with Crippen LogP contribution in [0.3, 0.4) is 0 Å². The minimum absolute atomic E-state index is 0.126. The van der Waals surface area contributed by atoms with Crippen molar-refractivity contribution in [2.75, 3.05) is 0 Å². The SMILES string of the molecule is Clc1cccc(-c2ccc3c(c2)C2(c4cccc(-c5cccc(Cl)c5)c4-3)C3CC4CC(C3)CC2C4)c1. The second-order valence-electron chi connectivity index (χ2n) is 11.7. The Morgan fingerprint density at radius 3 is 1.83 bits per heavy atom. The molecule has 4 aromatic rings. The average molecular weight is 508 g/mol. The molecule has 0 amide bonds. The molecule has 9 rings (SSSR count). The Balaban J connectivity index is 1.42. The molecule has 178 valence electrons. The van der Waals surface area contributed by atoms with E-state index in [0.717, 1.165) is 33.7 Å². The van der Waals surface area contributed by atoms with Crippen LogP contribution in [0.4, 0.5) is 0 Å². The van der Waals surface area contributed by atoms with Gasteiger partial charge in [-0.25, -0.2) is 0 Å². The van der Waals surface area contributed by atoms with Crippen molar-refractivity contribution in [1.82, 2.24) is 0 Å². The normalized spacial score (nSPS) is 28.9. The quantitative estimate of drug-likeness (QED) is 0.253. The third-order valence-electron chi connectivity index (χ3n) is 9.96. The van der Waals surface area contributed by atoms with Crippen LogP contribution in [0.5, 0.6) is 0 Å². The summed E-state index contributed by atoms with van der Waals surface area (Å²) in [4.78, 5) is 0. The fourth-order valence-electron chi connectivity index (χ4n) is 8.99. The van der Waals surface area contributed by atoms with Crippen LogP contribution in [0.25, 0.3) is 33.4 Å². The molecule has 4 fully saturated rings. The van der Waals surface area contributed by atoms with Crippen molar-refractivity contribution in [1.29, 1.82) is 0 Å². The summed E-state index contributed by atoms with van der Waals surface area (Å²) < 4.78 is 0. The van der Waals surface area contributed by atoms with Gasteiger partial charge in [0.25, 0.3) is 0 Å². The molecule has 0 N–H and O–H groups in total. The number of hydrogen-bond acceptors (Lipinski definition) is 0. The van der Waals surface area contributed by atoms with E-state index in [9.17, 15) is 0 Å². The molecule has 0 atom stereocenters. The van der Waals surface area contributed by atoms with Crippen LogP contribution in [0.15, 0.2) is 84.9 Å². The van der Waals surface area contributed by atoms with E-state index in [0.29, 0.717) is 0 Å². The molecule has 5 aliphatic carbocycles. The van der Waals surface area contributed by atoms with E-state index in [1.165, 1.54) is 65.5 Å². The summed E-state index contributed by atoms with van der Waals surface area (Å²) in [6.45, 7) is 0. The number of halogens is 2. The molecule has 0 saturated heterocycles. The number of hydrogen-bond donors (Lipinski definition) is 0. The molecule has 5 aliphatic rings. The summed E-state index contributed by atoms with van der Waals surface area (Å²) in [5.41, 5.74) is 11.2. The van der Waals surface area contributed by atoms with Gasteiger partial charge in [0.15, 0.2) is 0 Å². The lowest BCUT2D eigenvalue weighted by atomic mass is 9.43. The van der Waals surface area contributed by atoms with Crippen LogP contribution < -0.4 is 0 Å². The van der Waals surface area contributed by atoms with Gasteiger partial charge in [0.2, 0.25) is 0 Å². The van der Waals surface area contributed by atoms with Gasteiger partial charge in [-0.15, -0.1) is 0 Å². The van der Waals surface area contributed by atoms with Crippen molar-refractivity contribution in [3.05, 3.63) is 106 Å². The van der Waals surface area contributed by atoms with Crippen molar-refractivity contribution in [2.45, 2.75) is 37.5 Å². The molecule has 0 aliphatic heterocycles. The summed E-state index contributed by atoms with van der Waals surface area (Å²) in [6, 6.07) is 31.0. The Bertz CT molecular complexity index is 1500. The average Bonchev–Trinajstić information content (AvgIpc) is 3.17. The van der Waals surface area contributed by atoms with Crippen molar-refractivity contribution in [2.24, 2.45) is 23.7 Å². The van der Waals surface area contributed by atoms with Crippen LogP contribution in [0, 0.1) is 23.7 Å². The molecule has 1 spiro atoms. The van der Waals surface area contributed by atoms with E-state index in [4.69, 9.17) is 23.2 Å². The first kappa shape index (κ1) is 21.5. The smallest absolute Gasteiger partial charge is 0.0412 e. The summed E-state index contributed by atoms with van der Waals surface area (Å²) in [5.74, 6) is 3.33. The van der Waals surface area contributed by atoms with Crippen molar-refractivity contribution in [3.63, 3.8) is 0 Å². The Kier molecular flexibility index (Phi) is 4.63. The zero-order chi connectivity index (χ0) is 24.0. The van der Waals surface area contributed by atoms with Crippen molar-refractivity contribution < 1.29 is 0 Å². The summed E-state index contributed by atoms with van der Waals surface area (Å²) >= 11 is 12.9. The number of rotatable bonds is 2. The lowest BCUT2D eigenvalue weighted by molar-refractivity contribution is -0.0399. The lowest BCUT2D eigenvalue weighted by Gasteiger charge is -2.61. The Labute approximate surface area is 223 Å². The van der Waals surface area contributed by atoms with Crippen LogP contribution >= 0.6 is 23.2 Å². The fraction of sp³-hybridized carbons (Fsp3) is 0.294. The van der Waals surface area contributed by atoms with Gasteiger partial charge in [-0.1, -0.05) is 77.8 Å². The maximum absolute atomic E-state index is 6.48. The third-order valence-corrected chi connectivity index (χ3v) is 10.4. The zero-order valence-corrected chi connectivity index (χ0v) is 21.7. The first-order valence-electron chi connectivity index (χ1n) is 13.4. The number of fused-ring (bicyclic) bond motifs is 3. The van der Waals surface area contributed by atoms with Gasteiger partial charge in [-0.3, -0.25) is 0 Å². The maximum atomic E-state index is 6.48. The molecule has 4 saturated carbocycles. The Hall–Kier alpha value is -2.54. The maximum Gasteiger partial charge on any atom is 0.0412 e. The molecule has 2 heteroatoms. The van der Waals surface area contributed by atoms with E-state index in [-0.39, 0.29) is 5.41 Å². The predicted molar refractivity (Wildman–Crippen MR) is 151 cm³/mol. The molecule has 4 bridgehead atoms. The lowest BCUT2D eigenvalue weighted by Crippen LogP contribution is -2.55. The van der Waals surface area contributed by atoms with Gasteiger partial charge in [0.05, 0.1) is 0 Å². The van der Waals surface area contributed by atoms with Crippen molar-refractivity contribution in [3.8, 4) is 33.4 Å². The van der Waals surface area contributed by atoms with E-state index in [1.54, 1.807) is 11.1 Å². The second kappa shape index (κ2) is 7.73. The molecule has 0 aromatic heterocycles. The van der Waals surface area contributed by atoms with Gasteiger partial charge >= 0.3 is 0 Å². The highest BCUT2D eigenvalue weighted by Crippen LogP contribution is 2.70. The molecule has 4 aromatic carbocycles. The molecule has 0 unspecified atom stereocenters. The molecule has 0 radical (unpaired) electrons. The topological polar surface area (TPSA) is 0 Å². The molecule has 36 heavy (non-hydrogen) atoms. The number of benzene rings is 4. The largest absolute Gasteiger partial charge is 0.0843 e. The Morgan fingerprint density at radius 1 is 0.528 bits per heavy atom. The predicted octanol–water partition coefficient (Wildman–Crippen LogP) is 10.0. The van der Waals surface area contributed by atoms with E-state index >= 15 is 0 Å². The van der Waals surface area contributed by atoms with E-state index in [1.807, 2.05) is 12.1 Å². The van der Waals surface area contributed by atoms with Gasteiger partial charge in [0.1, 0.15) is 0 Å².